The highest BCUT2D eigenvalue weighted by Gasteiger charge is 2.24. The van der Waals surface area contributed by atoms with E-state index in [0.29, 0.717) is 22.8 Å². The number of benzene rings is 2. The summed E-state index contributed by atoms with van der Waals surface area (Å²) in [6.45, 7) is 1.61. The van der Waals surface area contributed by atoms with Crippen LogP contribution in [0, 0.1) is 12.7 Å². The van der Waals surface area contributed by atoms with E-state index in [4.69, 9.17) is 4.74 Å². The number of fused-ring (bicyclic) bond motifs is 1. The molecule has 3 aromatic rings. The predicted octanol–water partition coefficient (Wildman–Crippen LogP) is 2.32. The summed E-state index contributed by atoms with van der Waals surface area (Å²) in [5, 5.41) is 10.5. The Morgan fingerprint density at radius 2 is 2.00 bits per heavy atom. The van der Waals surface area contributed by atoms with Crippen LogP contribution < -0.4 is 15.0 Å². The van der Waals surface area contributed by atoms with E-state index in [2.05, 4.69) is 15.6 Å². The van der Waals surface area contributed by atoms with Gasteiger partial charge in [0.1, 0.15) is 17.3 Å². The Morgan fingerprint density at radius 3 is 2.79 bits per heavy atom. The molecule has 1 aromatic heterocycles. The minimum atomic E-state index is -0.495. The topological polar surface area (TPSA) is 89.3 Å². The van der Waals surface area contributed by atoms with Crippen molar-refractivity contribution in [3.8, 4) is 11.4 Å². The Bertz CT molecular complexity index is 1090. The molecule has 4 rings (SSSR count). The van der Waals surface area contributed by atoms with Gasteiger partial charge in [-0.05, 0) is 37.3 Å². The monoisotopic (exact) mass is 381 g/mol. The van der Waals surface area contributed by atoms with E-state index in [0.717, 1.165) is 0 Å². The standard InChI is InChI=1S/C19H16FN5O3/c1-11-18(22-23-25(11)14-6-4-3-5-13(14)20)19(27)21-12-7-8-16-15(9-12)24(2)17(26)10-28-16/h3-9H,10H2,1-2H3,(H,21,27). The van der Waals surface area contributed by atoms with Crippen molar-refractivity contribution in [3.63, 3.8) is 0 Å². The van der Waals surface area contributed by atoms with Crippen LogP contribution in [0.4, 0.5) is 15.8 Å². The van der Waals surface area contributed by atoms with Gasteiger partial charge in [-0.25, -0.2) is 9.07 Å². The van der Waals surface area contributed by atoms with E-state index in [-0.39, 0.29) is 23.9 Å². The molecule has 1 N–H and O–H groups in total. The number of ether oxygens (including phenoxy) is 1. The highest BCUT2D eigenvalue weighted by Crippen LogP contribution is 2.33. The molecule has 1 aliphatic heterocycles. The molecule has 2 heterocycles. The Kier molecular flexibility index (Phi) is 4.26. The molecule has 0 unspecified atom stereocenters. The predicted molar refractivity (Wildman–Crippen MR) is 99.4 cm³/mol. The summed E-state index contributed by atoms with van der Waals surface area (Å²) in [7, 11) is 1.64. The van der Waals surface area contributed by atoms with Crippen molar-refractivity contribution in [1.29, 1.82) is 0 Å². The van der Waals surface area contributed by atoms with Crippen molar-refractivity contribution in [2.75, 3.05) is 23.9 Å². The van der Waals surface area contributed by atoms with Gasteiger partial charge in [0.25, 0.3) is 11.8 Å². The van der Waals surface area contributed by atoms with Crippen LogP contribution >= 0.6 is 0 Å². The Morgan fingerprint density at radius 1 is 1.21 bits per heavy atom. The lowest BCUT2D eigenvalue weighted by molar-refractivity contribution is -0.120. The van der Waals surface area contributed by atoms with E-state index in [9.17, 15) is 14.0 Å². The van der Waals surface area contributed by atoms with Gasteiger partial charge in [0.15, 0.2) is 12.3 Å². The van der Waals surface area contributed by atoms with Gasteiger partial charge < -0.3 is 15.0 Å². The Labute approximate surface area is 159 Å². The van der Waals surface area contributed by atoms with Crippen LogP contribution in [0.1, 0.15) is 16.2 Å². The van der Waals surface area contributed by atoms with Gasteiger partial charge in [-0.15, -0.1) is 5.10 Å². The second-order valence-electron chi connectivity index (χ2n) is 6.26. The zero-order valence-corrected chi connectivity index (χ0v) is 15.1. The third-order valence-electron chi connectivity index (χ3n) is 4.49. The van der Waals surface area contributed by atoms with Gasteiger partial charge in [0.2, 0.25) is 0 Å². The third kappa shape index (κ3) is 2.96. The van der Waals surface area contributed by atoms with Crippen molar-refractivity contribution in [2.45, 2.75) is 6.92 Å². The molecule has 0 radical (unpaired) electrons. The molecule has 0 spiro atoms. The van der Waals surface area contributed by atoms with Crippen molar-refractivity contribution in [2.24, 2.45) is 0 Å². The highest BCUT2D eigenvalue weighted by atomic mass is 19.1. The number of anilines is 2. The number of hydrogen-bond donors (Lipinski definition) is 1. The molecule has 2 amide bonds. The molecule has 2 aromatic carbocycles. The fraction of sp³-hybridized carbons (Fsp3) is 0.158. The van der Waals surface area contributed by atoms with Crippen LogP contribution in [0.5, 0.6) is 5.75 Å². The van der Waals surface area contributed by atoms with Gasteiger partial charge in [-0.2, -0.15) is 0 Å². The van der Waals surface area contributed by atoms with Crippen molar-refractivity contribution >= 4 is 23.2 Å². The molecule has 9 heteroatoms. The van der Waals surface area contributed by atoms with Gasteiger partial charge in [0.05, 0.1) is 11.4 Å². The highest BCUT2D eigenvalue weighted by molar-refractivity contribution is 6.04. The van der Waals surface area contributed by atoms with Crippen LogP contribution in [0.15, 0.2) is 42.5 Å². The number of halogens is 1. The van der Waals surface area contributed by atoms with Gasteiger partial charge in [-0.3, -0.25) is 9.59 Å². The maximum atomic E-state index is 14.0. The Balaban J connectivity index is 1.60. The van der Waals surface area contributed by atoms with E-state index in [1.165, 1.54) is 15.6 Å². The van der Waals surface area contributed by atoms with E-state index >= 15 is 0 Å². The van der Waals surface area contributed by atoms with Crippen LogP contribution in [-0.2, 0) is 4.79 Å². The lowest BCUT2D eigenvalue weighted by Crippen LogP contribution is -2.35. The first-order valence-corrected chi connectivity index (χ1v) is 8.47. The fourth-order valence-electron chi connectivity index (χ4n) is 2.93. The van der Waals surface area contributed by atoms with Gasteiger partial charge in [0, 0.05) is 12.7 Å². The first-order chi connectivity index (χ1) is 13.5. The number of carbonyl (C=O) groups excluding carboxylic acids is 2. The smallest absolute Gasteiger partial charge is 0.278 e. The number of rotatable bonds is 3. The van der Waals surface area contributed by atoms with Crippen LogP contribution in [0.25, 0.3) is 5.69 Å². The average molecular weight is 381 g/mol. The van der Waals surface area contributed by atoms with Crippen molar-refractivity contribution < 1.29 is 18.7 Å². The SMILES string of the molecule is Cc1c(C(=O)Nc2ccc3c(c2)N(C)C(=O)CO3)nnn1-c1ccccc1F. The molecular weight excluding hydrogens is 365 g/mol. The van der Waals surface area contributed by atoms with Gasteiger partial charge >= 0.3 is 0 Å². The lowest BCUT2D eigenvalue weighted by Gasteiger charge is -2.26. The largest absolute Gasteiger partial charge is 0.482 e. The second kappa shape index (κ2) is 6.76. The third-order valence-corrected chi connectivity index (χ3v) is 4.49. The zero-order chi connectivity index (χ0) is 19.8. The lowest BCUT2D eigenvalue weighted by atomic mass is 10.2. The number of nitrogens with zero attached hydrogens (tertiary/aromatic N) is 4. The summed E-state index contributed by atoms with van der Waals surface area (Å²) in [4.78, 5) is 25.9. The average Bonchev–Trinajstić information content (AvgIpc) is 3.07. The summed E-state index contributed by atoms with van der Waals surface area (Å²) in [6.07, 6.45) is 0. The maximum absolute atomic E-state index is 14.0. The minimum absolute atomic E-state index is 0.0203. The van der Waals surface area contributed by atoms with Crippen LogP contribution in [0.2, 0.25) is 0 Å². The van der Waals surface area contributed by atoms with Crippen LogP contribution in [0.3, 0.4) is 0 Å². The first-order valence-electron chi connectivity index (χ1n) is 8.47. The number of amides is 2. The fourth-order valence-corrected chi connectivity index (χ4v) is 2.93. The van der Waals surface area contributed by atoms with E-state index < -0.39 is 11.7 Å². The summed E-state index contributed by atoms with van der Waals surface area (Å²) < 4.78 is 20.7. The summed E-state index contributed by atoms with van der Waals surface area (Å²) in [5.41, 5.74) is 1.70. The molecule has 0 bridgehead atoms. The number of hydrogen-bond acceptors (Lipinski definition) is 5. The maximum Gasteiger partial charge on any atom is 0.278 e. The number of carbonyl (C=O) groups is 2. The van der Waals surface area contributed by atoms with E-state index in [1.807, 2.05) is 0 Å². The number of para-hydroxylation sites is 1. The molecule has 0 saturated carbocycles. The molecule has 0 aliphatic carbocycles. The van der Waals surface area contributed by atoms with Gasteiger partial charge in [-0.1, -0.05) is 17.3 Å². The normalized spacial score (nSPS) is 13.1. The number of likely N-dealkylation sites (N-methyl/N-ethyl adjacent to an activating group) is 1. The summed E-state index contributed by atoms with van der Waals surface area (Å²) >= 11 is 0. The molecule has 1 aliphatic rings. The van der Waals surface area contributed by atoms with Crippen molar-refractivity contribution in [3.05, 3.63) is 59.7 Å². The second-order valence-corrected chi connectivity index (χ2v) is 6.26. The quantitative estimate of drug-likeness (QED) is 0.752. The summed E-state index contributed by atoms with van der Waals surface area (Å²) in [5.74, 6) is -0.586. The number of nitrogens with one attached hydrogen (secondary N) is 1. The molecule has 0 atom stereocenters. The molecule has 8 nitrogen and oxygen atoms in total. The van der Waals surface area contributed by atoms with Crippen LogP contribution in [-0.4, -0.2) is 40.5 Å². The molecular formula is C19H16FN5O3. The molecule has 0 saturated heterocycles. The minimum Gasteiger partial charge on any atom is -0.482 e. The molecule has 142 valence electrons. The Hall–Kier alpha value is -3.75. The first kappa shape index (κ1) is 17.7. The molecule has 0 fully saturated rings. The van der Waals surface area contributed by atoms with Crippen molar-refractivity contribution in [1.82, 2.24) is 15.0 Å². The number of aromatic nitrogens is 3. The molecule has 28 heavy (non-hydrogen) atoms. The zero-order valence-electron chi connectivity index (χ0n) is 15.1. The van der Waals surface area contributed by atoms with E-state index in [1.54, 1.807) is 50.4 Å². The summed E-state index contributed by atoms with van der Waals surface area (Å²) in [6, 6.07) is 11.1.